The molecule has 0 unspecified atom stereocenters. The molecule has 0 radical (unpaired) electrons. The number of aliphatic hydroxyl groups excluding tert-OH is 1. The number of rotatable bonds is 5. The Balaban J connectivity index is 2.10. The van der Waals surface area contributed by atoms with Gasteiger partial charge in [-0.15, -0.1) is 0 Å². The number of hydrogen-bond donors (Lipinski definition) is 1. The highest BCUT2D eigenvalue weighted by molar-refractivity contribution is 5.41. The highest BCUT2D eigenvalue weighted by atomic mass is 16.5. The number of likely N-dealkylation sites (N-methyl/N-ethyl adjacent to an activating group) is 1. The van der Waals surface area contributed by atoms with Gasteiger partial charge in [-0.3, -0.25) is 4.90 Å². The third-order valence-corrected chi connectivity index (χ3v) is 4.17. The molecular weight excluding hydrogens is 268 g/mol. The fraction of sp³-hybridized carbons (Fsp3) is 0.625. The molecular formula is C16H26N2O3. The van der Waals surface area contributed by atoms with Crippen LogP contribution in [0.2, 0.25) is 0 Å². The molecule has 118 valence electrons. The van der Waals surface area contributed by atoms with E-state index in [4.69, 9.17) is 9.47 Å². The summed E-state index contributed by atoms with van der Waals surface area (Å²) in [5.41, 5.74) is 0.781. The zero-order valence-corrected chi connectivity index (χ0v) is 13.4. The van der Waals surface area contributed by atoms with E-state index in [2.05, 4.69) is 23.8 Å². The quantitative estimate of drug-likeness (QED) is 0.889. The number of nitrogens with zero attached hydrogens (tertiary/aromatic N) is 2. The van der Waals surface area contributed by atoms with Gasteiger partial charge in [0.1, 0.15) is 11.5 Å². The van der Waals surface area contributed by atoms with Gasteiger partial charge in [-0.2, -0.15) is 0 Å². The Morgan fingerprint density at radius 1 is 1.29 bits per heavy atom. The van der Waals surface area contributed by atoms with E-state index in [1.165, 1.54) is 0 Å². The first-order valence-electron chi connectivity index (χ1n) is 7.37. The van der Waals surface area contributed by atoms with Gasteiger partial charge in [0.05, 0.1) is 20.3 Å². The third kappa shape index (κ3) is 3.87. The molecule has 1 aliphatic heterocycles. The summed E-state index contributed by atoms with van der Waals surface area (Å²) in [7, 11) is 5.38. The maximum Gasteiger partial charge on any atom is 0.124 e. The van der Waals surface area contributed by atoms with Crippen LogP contribution >= 0.6 is 0 Å². The van der Waals surface area contributed by atoms with E-state index >= 15 is 0 Å². The Hall–Kier alpha value is -1.30. The van der Waals surface area contributed by atoms with Crippen molar-refractivity contribution < 1.29 is 14.6 Å². The normalized spacial score (nSPS) is 22.0. The van der Waals surface area contributed by atoms with Gasteiger partial charge in [0.25, 0.3) is 0 Å². The lowest BCUT2D eigenvalue weighted by atomic mass is 10.1. The molecule has 0 bridgehead atoms. The molecule has 1 heterocycles. The van der Waals surface area contributed by atoms with E-state index in [1.807, 2.05) is 18.2 Å². The van der Waals surface area contributed by atoms with Crippen LogP contribution in [-0.4, -0.2) is 68.4 Å². The van der Waals surface area contributed by atoms with E-state index in [0.717, 1.165) is 30.9 Å². The van der Waals surface area contributed by atoms with E-state index in [0.29, 0.717) is 18.3 Å². The van der Waals surface area contributed by atoms with E-state index in [9.17, 15) is 5.11 Å². The summed E-state index contributed by atoms with van der Waals surface area (Å²) < 4.78 is 10.6. The second-order valence-corrected chi connectivity index (χ2v) is 5.73. The second-order valence-electron chi connectivity index (χ2n) is 5.73. The van der Waals surface area contributed by atoms with Gasteiger partial charge in [-0.25, -0.2) is 0 Å². The predicted molar refractivity (Wildman–Crippen MR) is 83.0 cm³/mol. The van der Waals surface area contributed by atoms with Crippen LogP contribution in [0.25, 0.3) is 0 Å². The van der Waals surface area contributed by atoms with Gasteiger partial charge >= 0.3 is 0 Å². The van der Waals surface area contributed by atoms with Crippen LogP contribution in [0.15, 0.2) is 18.2 Å². The number of hydrogen-bond acceptors (Lipinski definition) is 5. The molecule has 5 nitrogen and oxygen atoms in total. The first-order valence-corrected chi connectivity index (χ1v) is 7.37. The number of aliphatic hydroxyl groups is 1. The van der Waals surface area contributed by atoms with E-state index in [1.54, 1.807) is 14.2 Å². The van der Waals surface area contributed by atoms with Crippen LogP contribution in [0, 0.1) is 0 Å². The Kier molecular flexibility index (Phi) is 5.45. The molecule has 0 aromatic heterocycles. The average Bonchev–Trinajstić information content (AvgIpc) is 2.49. The summed E-state index contributed by atoms with van der Waals surface area (Å²) in [6.07, 6.45) is -0.582. The molecule has 0 spiro atoms. The fourth-order valence-corrected chi connectivity index (χ4v) is 2.87. The Morgan fingerprint density at radius 2 is 2.05 bits per heavy atom. The molecule has 1 fully saturated rings. The smallest absolute Gasteiger partial charge is 0.124 e. The van der Waals surface area contributed by atoms with Crippen LogP contribution < -0.4 is 9.47 Å². The Bertz CT molecular complexity index is 467. The summed E-state index contributed by atoms with van der Waals surface area (Å²) in [5, 5.41) is 10.6. The van der Waals surface area contributed by atoms with Crippen molar-refractivity contribution >= 4 is 0 Å². The average molecular weight is 294 g/mol. The first-order chi connectivity index (χ1) is 10.0. The molecule has 0 saturated carbocycles. The van der Waals surface area contributed by atoms with Crippen LogP contribution in [0.3, 0.4) is 0 Å². The van der Waals surface area contributed by atoms with Crippen molar-refractivity contribution in [2.24, 2.45) is 0 Å². The van der Waals surface area contributed by atoms with Crippen molar-refractivity contribution in [3.05, 3.63) is 23.8 Å². The predicted octanol–water partition coefficient (Wildman–Crippen LogP) is 1.37. The van der Waals surface area contributed by atoms with Crippen LogP contribution in [0.4, 0.5) is 0 Å². The number of piperazine rings is 1. The maximum atomic E-state index is 10.6. The fourth-order valence-electron chi connectivity index (χ4n) is 2.87. The second kappa shape index (κ2) is 7.11. The lowest BCUT2D eigenvalue weighted by molar-refractivity contribution is 0.0464. The van der Waals surface area contributed by atoms with Gasteiger partial charge in [0.2, 0.25) is 0 Å². The zero-order chi connectivity index (χ0) is 15.4. The Morgan fingerprint density at radius 3 is 2.67 bits per heavy atom. The molecule has 1 saturated heterocycles. The van der Waals surface area contributed by atoms with Gasteiger partial charge in [-0.1, -0.05) is 0 Å². The van der Waals surface area contributed by atoms with Gasteiger partial charge in [0, 0.05) is 37.8 Å². The molecule has 0 aliphatic carbocycles. The topological polar surface area (TPSA) is 45.2 Å². The monoisotopic (exact) mass is 294 g/mol. The van der Waals surface area contributed by atoms with Crippen molar-refractivity contribution in [1.82, 2.24) is 9.80 Å². The summed E-state index contributed by atoms with van der Waals surface area (Å²) in [6, 6.07) is 5.97. The van der Waals surface area contributed by atoms with Crippen LogP contribution in [0.1, 0.15) is 18.6 Å². The standard InChI is InChI=1S/C16H26N2O3/c1-12-10-17(2)7-8-18(12)11-15(19)14-9-13(20-3)5-6-16(14)21-4/h5-6,9,12,15,19H,7-8,10-11H2,1-4H3/t12-,15-/m1/s1. The minimum Gasteiger partial charge on any atom is -0.497 e. The molecule has 1 aromatic rings. The molecule has 2 atom stereocenters. The number of β-amino-alcohol motifs (C(OH)–C–C–N with tert-alkyl or cyclic N) is 1. The molecule has 2 rings (SSSR count). The zero-order valence-electron chi connectivity index (χ0n) is 13.4. The molecule has 5 heteroatoms. The van der Waals surface area contributed by atoms with Gasteiger partial charge in [-0.05, 0) is 32.2 Å². The highest BCUT2D eigenvalue weighted by Gasteiger charge is 2.25. The minimum atomic E-state index is -0.582. The van der Waals surface area contributed by atoms with Crippen LogP contribution in [0.5, 0.6) is 11.5 Å². The summed E-state index contributed by atoms with van der Waals surface area (Å²) in [4.78, 5) is 4.64. The third-order valence-electron chi connectivity index (χ3n) is 4.17. The van der Waals surface area contributed by atoms with Crippen molar-refractivity contribution in [2.75, 3.05) is 47.4 Å². The maximum absolute atomic E-state index is 10.6. The van der Waals surface area contributed by atoms with Gasteiger partial charge in [0.15, 0.2) is 0 Å². The number of methoxy groups -OCH3 is 2. The molecule has 1 N–H and O–H groups in total. The molecule has 1 aromatic carbocycles. The van der Waals surface area contributed by atoms with E-state index in [-0.39, 0.29) is 0 Å². The SMILES string of the molecule is COc1ccc(OC)c([C@H](O)CN2CCN(C)C[C@H]2C)c1. The summed E-state index contributed by atoms with van der Waals surface area (Å²) in [6.45, 7) is 5.85. The molecule has 21 heavy (non-hydrogen) atoms. The molecule has 1 aliphatic rings. The molecule has 0 amide bonds. The van der Waals surface area contributed by atoms with Crippen LogP contribution in [-0.2, 0) is 0 Å². The highest BCUT2D eigenvalue weighted by Crippen LogP contribution is 2.30. The van der Waals surface area contributed by atoms with Crippen molar-refractivity contribution in [1.29, 1.82) is 0 Å². The first kappa shape index (κ1) is 16.1. The number of ether oxygens (including phenoxy) is 2. The Labute approximate surface area is 127 Å². The largest absolute Gasteiger partial charge is 0.497 e. The number of benzene rings is 1. The lowest BCUT2D eigenvalue weighted by Gasteiger charge is -2.39. The summed E-state index contributed by atoms with van der Waals surface area (Å²) >= 11 is 0. The van der Waals surface area contributed by atoms with Crippen molar-refractivity contribution in [3.63, 3.8) is 0 Å². The van der Waals surface area contributed by atoms with Crippen molar-refractivity contribution in [3.8, 4) is 11.5 Å². The summed E-state index contributed by atoms with van der Waals surface area (Å²) in [5.74, 6) is 1.43. The lowest BCUT2D eigenvalue weighted by Crippen LogP contribution is -2.51. The van der Waals surface area contributed by atoms with Crippen molar-refractivity contribution in [2.45, 2.75) is 19.1 Å². The minimum absolute atomic E-state index is 0.440. The van der Waals surface area contributed by atoms with E-state index < -0.39 is 6.10 Å². The van der Waals surface area contributed by atoms with Gasteiger partial charge < -0.3 is 19.5 Å².